The molecule has 0 aliphatic carbocycles. The molecule has 7 nitrogen and oxygen atoms in total. The number of carbonyl (C=O) groups is 1. The number of hydrogen-bond donors (Lipinski definition) is 0. The summed E-state index contributed by atoms with van der Waals surface area (Å²) in [5, 5.41) is 8.34. The highest BCUT2D eigenvalue weighted by Gasteiger charge is 2.25. The van der Waals surface area contributed by atoms with E-state index in [2.05, 4.69) is 71.6 Å². The molecule has 6 aromatic rings. The first-order chi connectivity index (χ1) is 22.5. The molecule has 6 rings (SSSR count). The molecular formula is C38H41Cl2N5O2. The highest BCUT2D eigenvalue weighted by Crippen LogP contribution is 2.42. The summed E-state index contributed by atoms with van der Waals surface area (Å²) in [7, 11) is 6.13. The molecule has 47 heavy (non-hydrogen) atoms. The molecule has 0 aliphatic heterocycles. The Morgan fingerprint density at radius 1 is 0.957 bits per heavy atom. The lowest BCUT2D eigenvalue weighted by Gasteiger charge is -2.22. The molecule has 0 bridgehead atoms. The number of anilines is 1. The number of hydrogen-bond acceptors (Lipinski definition) is 4. The maximum absolute atomic E-state index is 13.0. The van der Waals surface area contributed by atoms with E-state index in [0.29, 0.717) is 36.8 Å². The number of aryl methyl sites for hydroxylation is 6. The summed E-state index contributed by atoms with van der Waals surface area (Å²) in [6, 6.07) is 16.5. The molecule has 0 spiro atoms. The van der Waals surface area contributed by atoms with Crippen molar-refractivity contribution in [3.05, 3.63) is 98.5 Å². The lowest BCUT2D eigenvalue weighted by molar-refractivity contribution is 0.111. The number of rotatable bonds is 11. The summed E-state index contributed by atoms with van der Waals surface area (Å²) in [5.41, 5.74) is 10.8. The molecule has 0 saturated heterocycles. The third kappa shape index (κ3) is 5.92. The zero-order chi connectivity index (χ0) is 33.6. The van der Waals surface area contributed by atoms with E-state index < -0.39 is 0 Å². The Balaban J connectivity index is 1.40. The lowest BCUT2D eigenvalue weighted by atomic mass is 9.98. The van der Waals surface area contributed by atoms with Crippen LogP contribution < -0.4 is 9.64 Å². The van der Waals surface area contributed by atoms with Gasteiger partial charge in [-0.1, -0.05) is 41.4 Å². The lowest BCUT2D eigenvalue weighted by Crippen LogP contribution is -2.24. The summed E-state index contributed by atoms with van der Waals surface area (Å²) in [5.74, 6) is 0.801. The van der Waals surface area contributed by atoms with Gasteiger partial charge in [0.05, 0.1) is 39.7 Å². The smallest absolute Gasteiger partial charge is 0.166 e. The zero-order valence-corrected chi connectivity index (χ0v) is 29.6. The van der Waals surface area contributed by atoms with Gasteiger partial charge in [0.15, 0.2) is 6.29 Å². The molecule has 0 fully saturated rings. The van der Waals surface area contributed by atoms with Crippen LogP contribution >= 0.6 is 23.2 Å². The van der Waals surface area contributed by atoms with E-state index in [1.165, 1.54) is 10.9 Å². The number of aromatic nitrogens is 4. The second-order valence-corrected chi connectivity index (χ2v) is 13.3. The average molecular weight is 671 g/mol. The van der Waals surface area contributed by atoms with Crippen molar-refractivity contribution >= 4 is 57.0 Å². The quantitative estimate of drug-likeness (QED) is 0.102. The highest BCUT2D eigenvalue weighted by molar-refractivity contribution is 6.35. The topological polar surface area (TPSA) is 57.2 Å². The third-order valence-corrected chi connectivity index (χ3v) is 10.3. The van der Waals surface area contributed by atoms with Crippen LogP contribution in [0.3, 0.4) is 0 Å². The number of nitrogens with zero attached hydrogens (tertiary/aromatic N) is 5. The Kier molecular flexibility index (Phi) is 9.14. The molecule has 3 heterocycles. The third-order valence-electron chi connectivity index (χ3n) is 9.39. The molecule has 0 atom stereocenters. The molecule has 244 valence electrons. The standard InChI is InChI=1S/C38H41Cl2N5O2/c1-23-20-28(21-24(2)36(23)40)47-19-9-11-29-30-13-14-31(39)35(34-25(3)41-44(7)26(34)4)38(30)45(33(29)22-46)18-17-42(5)32-12-8-10-27-15-16-43(6)37(27)32/h8,10,12-16,20-22H,9,11,17-19H2,1-7H3. The number of carbonyl (C=O) groups excluding carboxylic acids is 1. The van der Waals surface area contributed by atoms with Crippen molar-refractivity contribution in [1.29, 1.82) is 0 Å². The van der Waals surface area contributed by atoms with Gasteiger partial charge in [0.25, 0.3) is 0 Å². The highest BCUT2D eigenvalue weighted by atomic mass is 35.5. The van der Waals surface area contributed by atoms with Gasteiger partial charge in [-0.05, 0) is 87.6 Å². The summed E-state index contributed by atoms with van der Waals surface area (Å²) < 4.78 is 12.4. The minimum Gasteiger partial charge on any atom is -0.494 e. The van der Waals surface area contributed by atoms with Crippen LogP contribution in [0.5, 0.6) is 5.75 Å². The van der Waals surface area contributed by atoms with E-state index in [1.54, 1.807) is 0 Å². The molecule has 0 aliphatic rings. The van der Waals surface area contributed by atoms with E-state index in [0.717, 1.165) is 79.3 Å². The van der Waals surface area contributed by atoms with Crippen LogP contribution in [0, 0.1) is 27.7 Å². The first-order valence-corrected chi connectivity index (χ1v) is 16.7. The fourth-order valence-corrected chi connectivity index (χ4v) is 7.31. The molecule has 0 amide bonds. The van der Waals surface area contributed by atoms with Crippen molar-refractivity contribution in [2.75, 3.05) is 25.1 Å². The van der Waals surface area contributed by atoms with Crippen molar-refractivity contribution in [3.63, 3.8) is 0 Å². The number of likely N-dealkylation sites (N-methyl/N-ethyl adjacent to an activating group) is 1. The van der Waals surface area contributed by atoms with E-state index in [1.807, 2.05) is 50.7 Å². The molecule has 0 unspecified atom stereocenters. The monoisotopic (exact) mass is 669 g/mol. The normalized spacial score (nSPS) is 11.6. The number of fused-ring (bicyclic) bond motifs is 2. The predicted molar refractivity (Wildman–Crippen MR) is 195 cm³/mol. The van der Waals surface area contributed by atoms with Crippen molar-refractivity contribution in [1.82, 2.24) is 18.9 Å². The molecular weight excluding hydrogens is 629 g/mol. The van der Waals surface area contributed by atoms with E-state index in [-0.39, 0.29) is 0 Å². The number of ether oxygens (including phenoxy) is 1. The van der Waals surface area contributed by atoms with Crippen molar-refractivity contribution < 1.29 is 9.53 Å². The summed E-state index contributed by atoms with van der Waals surface area (Å²) in [4.78, 5) is 15.3. The second kappa shape index (κ2) is 13.1. The van der Waals surface area contributed by atoms with Gasteiger partial charge in [-0.2, -0.15) is 5.10 Å². The van der Waals surface area contributed by atoms with Gasteiger partial charge in [-0.3, -0.25) is 9.48 Å². The summed E-state index contributed by atoms with van der Waals surface area (Å²) in [6.07, 6.45) is 4.50. The summed E-state index contributed by atoms with van der Waals surface area (Å²) in [6.45, 7) is 9.83. The van der Waals surface area contributed by atoms with E-state index >= 15 is 0 Å². The first-order valence-electron chi connectivity index (χ1n) is 16.0. The Hall–Kier alpha value is -4.20. The predicted octanol–water partition coefficient (Wildman–Crippen LogP) is 9.03. The molecule has 3 aromatic heterocycles. The summed E-state index contributed by atoms with van der Waals surface area (Å²) >= 11 is 13.4. The van der Waals surface area contributed by atoms with Crippen LogP contribution in [0.1, 0.15) is 45.0 Å². The van der Waals surface area contributed by atoms with Crippen molar-refractivity contribution in [2.24, 2.45) is 14.1 Å². The average Bonchev–Trinajstić information content (AvgIpc) is 3.66. The zero-order valence-electron chi connectivity index (χ0n) is 28.1. The second-order valence-electron chi connectivity index (χ2n) is 12.5. The van der Waals surface area contributed by atoms with E-state index in [9.17, 15) is 4.79 Å². The Morgan fingerprint density at radius 2 is 1.70 bits per heavy atom. The number of aldehydes is 1. The molecule has 3 aromatic carbocycles. The molecule has 0 N–H and O–H groups in total. The number of para-hydroxylation sites is 1. The van der Waals surface area contributed by atoms with Crippen LogP contribution in [-0.2, 0) is 27.1 Å². The van der Waals surface area contributed by atoms with Crippen molar-refractivity contribution in [2.45, 2.75) is 47.1 Å². The van der Waals surface area contributed by atoms with Crippen molar-refractivity contribution in [3.8, 4) is 16.9 Å². The minimum absolute atomic E-state index is 0.510. The Bertz CT molecular complexity index is 2110. The van der Waals surface area contributed by atoms with Gasteiger partial charge < -0.3 is 18.8 Å². The van der Waals surface area contributed by atoms with Gasteiger partial charge in [0, 0.05) is 73.0 Å². The van der Waals surface area contributed by atoms with Crippen LogP contribution in [0.4, 0.5) is 5.69 Å². The molecule has 0 radical (unpaired) electrons. The fraction of sp³-hybridized carbons (Fsp3) is 0.316. The maximum Gasteiger partial charge on any atom is 0.166 e. The van der Waals surface area contributed by atoms with Crippen LogP contribution in [0.15, 0.2) is 54.7 Å². The molecule has 9 heteroatoms. The van der Waals surface area contributed by atoms with Gasteiger partial charge >= 0.3 is 0 Å². The van der Waals surface area contributed by atoms with Crippen LogP contribution in [-0.4, -0.2) is 45.4 Å². The fourth-order valence-electron chi connectivity index (χ4n) is 6.96. The van der Waals surface area contributed by atoms with Gasteiger partial charge in [-0.25, -0.2) is 0 Å². The van der Waals surface area contributed by atoms with Gasteiger partial charge in [0.2, 0.25) is 0 Å². The number of halogens is 2. The van der Waals surface area contributed by atoms with Gasteiger partial charge in [0.1, 0.15) is 5.75 Å². The van der Waals surface area contributed by atoms with Crippen LogP contribution in [0.25, 0.3) is 32.9 Å². The molecule has 0 saturated carbocycles. The Labute approximate surface area is 286 Å². The first kappa shape index (κ1) is 32.7. The maximum atomic E-state index is 13.0. The van der Waals surface area contributed by atoms with E-state index in [4.69, 9.17) is 33.0 Å². The van der Waals surface area contributed by atoms with Crippen LogP contribution in [0.2, 0.25) is 10.0 Å². The Morgan fingerprint density at radius 3 is 2.38 bits per heavy atom. The minimum atomic E-state index is 0.510. The number of benzene rings is 3. The van der Waals surface area contributed by atoms with Gasteiger partial charge in [-0.15, -0.1) is 0 Å². The largest absolute Gasteiger partial charge is 0.494 e. The SMILES string of the molecule is Cc1cc(OCCCc2c(C=O)n(CCN(C)c3cccc4ccn(C)c34)c3c(-c4c(C)nn(C)c4C)c(Cl)ccc23)cc(C)c1Cl.